The lowest BCUT2D eigenvalue weighted by atomic mass is 9.95. The predicted octanol–water partition coefficient (Wildman–Crippen LogP) is 12.3. The van der Waals surface area contributed by atoms with E-state index < -0.39 is 0 Å². The summed E-state index contributed by atoms with van der Waals surface area (Å²) >= 11 is 0. The van der Waals surface area contributed by atoms with Gasteiger partial charge in [0.1, 0.15) is 5.82 Å². The van der Waals surface area contributed by atoms with E-state index in [9.17, 15) is 0 Å². The van der Waals surface area contributed by atoms with Crippen LogP contribution in [0.5, 0.6) is 0 Å². The summed E-state index contributed by atoms with van der Waals surface area (Å²) in [6.07, 6.45) is 0. The van der Waals surface area contributed by atoms with Crippen LogP contribution in [-0.4, -0.2) is 14.1 Å². The topological polar surface area (TPSA) is 22.8 Å². The summed E-state index contributed by atoms with van der Waals surface area (Å²) in [6, 6.07) is 67.1. The van der Waals surface area contributed by atoms with Gasteiger partial charge in [-0.15, -0.1) is 0 Å². The van der Waals surface area contributed by atoms with Crippen molar-refractivity contribution in [3.8, 4) is 45.0 Å². The number of para-hydroxylation sites is 3. The molecular formula is C47H31N3. The minimum Gasteiger partial charge on any atom is -0.309 e. The molecule has 3 aromatic heterocycles. The Kier molecular flexibility index (Phi) is 6.49. The zero-order chi connectivity index (χ0) is 33.0. The highest BCUT2D eigenvalue weighted by Gasteiger charge is 2.21. The minimum absolute atomic E-state index is 0.893. The van der Waals surface area contributed by atoms with Crippen LogP contribution in [0.15, 0.2) is 188 Å². The predicted molar refractivity (Wildman–Crippen MR) is 209 cm³/mol. The van der Waals surface area contributed by atoms with Crippen molar-refractivity contribution in [2.24, 2.45) is 0 Å². The molecule has 0 radical (unpaired) electrons. The number of fused-ring (bicyclic) bond motifs is 7. The molecule has 0 unspecified atom stereocenters. The summed E-state index contributed by atoms with van der Waals surface area (Å²) < 4.78 is 4.76. The van der Waals surface area contributed by atoms with E-state index >= 15 is 0 Å². The summed E-state index contributed by atoms with van der Waals surface area (Å²) in [5.74, 6) is 0.893. The van der Waals surface area contributed by atoms with Gasteiger partial charge in [0.2, 0.25) is 0 Å². The van der Waals surface area contributed by atoms with Crippen LogP contribution in [0.3, 0.4) is 0 Å². The van der Waals surface area contributed by atoms with Crippen molar-refractivity contribution in [1.82, 2.24) is 14.1 Å². The molecule has 0 aliphatic rings. The highest BCUT2D eigenvalue weighted by molar-refractivity contribution is 6.26. The van der Waals surface area contributed by atoms with Crippen LogP contribution in [0.2, 0.25) is 0 Å². The molecule has 0 saturated heterocycles. The Labute approximate surface area is 290 Å². The van der Waals surface area contributed by atoms with E-state index in [1.54, 1.807) is 0 Å². The Morgan fingerprint density at radius 3 is 1.58 bits per heavy atom. The summed E-state index contributed by atoms with van der Waals surface area (Å²) in [4.78, 5) is 5.46. The Hall–Kier alpha value is -6.71. The van der Waals surface area contributed by atoms with E-state index in [0.29, 0.717) is 0 Å². The SMILES string of the molecule is c1ccc(-c2cc(-c3ccccc3)cc(-c3cccc(-n4c5ccccc5c5ccc6c(c7ccccc7n6-c6ccccc6)c54)n3)c2)cc1. The van der Waals surface area contributed by atoms with Crippen molar-refractivity contribution in [3.63, 3.8) is 0 Å². The molecule has 0 spiro atoms. The number of hydrogen-bond acceptors (Lipinski definition) is 1. The molecule has 10 aromatic rings. The van der Waals surface area contributed by atoms with E-state index in [4.69, 9.17) is 4.98 Å². The van der Waals surface area contributed by atoms with Gasteiger partial charge < -0.3 is 4.57 Å². The van der Waals surface area contributed by atoms with Crippen LogP contribution >= 0.6 is 0 Å². The second-order valence-electron chi connectivity index (χ2n) is 12.8. The van der Waals surface area contributed by atoms with E-state index in [1.165, 1.54) is 60.3 Å². The van der Waals surface area contributed by atoms with Crippen molar-refractivity contribution in [2.75, 3.05) is 0 Å². The van der Waals surface area contributed by atoms with Gasteiger partial charge in [-0.05, 0) is 82.9 Å². The highest BCUT2D eigenvalue weighted by Crippen LogP contribution is 2.42. The first-order chi connectivity index (χ1) is 24.8. The molecule has 0 amide bonds. The first-order valence-corrected chi connectivity index (χ1v) is 17.1. The summed E-state index contributed by atoms with van der Waals surface area (Å²) in [6.45, 7) is 0. The molecular weight excluding hydrogens is 607 g/mol. The summed E-state index contributed by atoms with van der Waals surface area (Å²) in [5.41, 5.74) is 12.5. The monoisotopic (exact) mass is 637 g/mol. The van der Waals surface area contributed by atoms with Crippen molar-refractivity contribution >= 4 is 43.6 Å². The van der Waals surface area contributed by atoms with Gasteiger partial charge in [-0.2, -0.15) is 0 Å². The lowest BCUT2D eigenvalue weighted by Gasteiger charge is -2.13. The second-order valence-corrected chi connectivity index (χ2v) is 12.8. The van der Waals surface area contributed by atoms with Crippen molar-refractivity contribution in [3.05, 3.63) is 188 Å². The maximum atomic E-state index is 5.46. The molecule has 50 heavy (non-hydrogen) atoms. The number of hydrogen-bond donors (Lipinski definition) is 0. The van der Waals surface area contributed by atoms with Crippen molar-refractivity contribution in [2.45, 2.75) is 0 Å². The smallest absolute Gasteiger partial charge is 0.138 e. The van der Waals surface area contributed by atoms with Crippen LogP contribution in [0.1, 0.15) is 0 Å². The normalized spacial score (nSPS) is 11.6. The molecule has 0 bridgehead atoms. The quantitative estimate of drug-likeness (QED) is 0.184. The van der Waals surface area contributed by atoms with E-state index in [1.807, 2.05) is 0 Å². The number of pyridine rings is 1. The van der Waals surface area contributed by atoms with Gasteiger partial charge in [-0.1, -0.05) is 127 Å². The standard InChI is InChI=1S/C47H31N3/c1-4-15-32(16-5-1)34-29-35(33-17-6-2-7-18-33)31-36(30-34)41-23-14-26-45(48-41)50-42-24-12-10-21-38(42)39-27-28-44-46(47(39)50)40-22-11-13-25-43(40)49(44)37-19-8-3-9-20-37/h1-31H. The molecule has 0 aliphatic carbocycles. The fourth-order valence-electron chi connectivity index (χ4n) is 7.68. The largest absolute Gasteiger partial charge is 0.309 e. The average Bonchev–Trinajstić information content (AvgIpc) is 3.72. The van der Waals surface area contributed by atoms with Gasteiger partial charge in [0.15, 0.2) is 0 Å². The van der Waals surface area contributed by atoms with Gasteiger partial charge in [-0.3, -0.25) is 4.57 Å². The Morgan fingerprint density at radius 2 is 0.900 bits per heavy atom. The molecule has 0 fully saturated rings. The highest BCUT2D eigenvalue weighted by atomic mass is 15.1. The first kappa shape index (κ1) is 28.3. The fourth-order valence-corrected chi connectivity index (χ4v) is 7.68. The van der Waals surface area contributed by atoms with Gasteiger partial charge in [0, 0.05) is 32.8 Å². The molecule has 7 aromatic carbocycles. The van der Waals surface area contributed by atoms with Crippen LogP contribution in [0.25, 0.3) is 88.6 Å². The third-order valence-corrected chi connectivity index (χ3v) is 9.89. The number of aromatic nitrogens is 3. The van der Waals surface area contributed by atoms with Crippen LogP contribution in [-0.2, 0) is 0 Å². The third kappa shape index (κ3) is 4.48. The maximum Gasteiger partial charge on any atom is 0.138 e. The molecule has 3 heteroatoms. The molecule has 0 saturated carbocycles. The fraction of sp³-hybridized carbons (Fsp3) is 0. The molecule has 0 aliphatic heterocycles. The van der Waals surface area contributed by atoms with Crippen LogP contribution in [0, 0.1) is 0 Å². The van der Waals surface area contributed by atoms with Gasteiger partial charge in [0.25, 0.3) is 0 Å². The van der Waals surface area contributed by atoms with E-state index in [0.717, 1.165) is 28.3 Å². The molecule has 0 atom stereocenters. The Balaban J connectivity index is 1.25. The van der Waals surface area contributed by atoms with Gasteiger partial charge >= 0.3 is 0 Å². The Bertz CT molecular complexity index is 2790. The maximum absolute atomic E-state index is 5.46. The number of benzene rings is 7. The first-order valence-electron chi connectivity index (χ1n) is 17.1. The summed E-state index contributed by atoms with van der Waals surface area (Å²) in [5, 5.41) is 4.88. The van der Waals surface area contributed by atoms with Crippen molar-refractivity contribution in [1.29, 1.82) is 0 Å². The van der Waals surface area contributed by atoms with E-state index in [-0.39, 0.29) is 0 Å². The lowest BCUT2D eigenvalue weighted by molar-refractivity contribution is 1.09. The average molecular weight is 638 g/mol. The van der Waals surface area contributed by atoms with Gasteiger partial charge in [-0.25, -0.2) is 4.98 Å². The van der Waals surface area contributed by atoms with E-state index in [2.05, 4.69) is 197 Å². The number of rotatable bonds is 5. The zero-order valence-electron chi connectivity index (χ0n) is 27.2. The van der Waals surface area contributed by atoms with Crippen molar-refractivity contribution < 1.29 is 0 Å². The second kappa shape index (κ2) is 11.5. The Morgan fingerprint density at radius 1 is 0.340 bits per heavy atom. The minimum atomic E-state index is 0.893. The number of nitrogens with zero attached hydrogens (tertiary/aromatic N) is 3. The molecule has 3 nitrogen and oxygen atoms in total. The summed E-state index contributed by atoms with van der Waals surface area (Å²) in [7, 11) is 0. The van der Waals surface area contributed by atoms with Crippen LogP contribution in [0.4, 0.5) is 0 Å². The molecule has 234 valence electrons. The molecule has 10 rings (SSSR count). The molecule has 0 N–H and O–H groups in total. The zero-order valence-corrected chi connectivity index (χ0v) is 27.2. The van der Waals surface area contributed by atoms with Crippen LogP contribution < -0.4 is 0 Å². The molecule has 3 heterocycles. The third-order valence-electron chi connectivity index (χ3n) is 9.89. The lowest BCUT2D eigenvalue weighted by Crippen LogP contribution is -1.99. The van der Waals surface area contributed by atoms with Gasteiger partial charge in [0.05, 0.1) is 27.8 Å².